The van der Waals surface area contributed by atoms with E-state index in [-0.39, 0.29) is 13.2 Å². The number of aliphatic hydroxyl groups excluding tert-OH is 1. The Labute approximate surface area is 124 Å². The second kappa shape index (κ2) is 6.89. The number of hydrogen-bond donors (Lipinski definition) is 2. The zero-order valence-corrected chi connectivity index (χ0v) is 11.7. The highest BCUT2D eigenvalue weighted by Gasteiger charge is 2.28. The van der Waals surface area contributed by atoms with Crippen LogP contribution in [0.2, 0.25) is 0 Å². The third kappa shape index (κ3) is 3.60. The third-order valence-corrected chi connectivity index (χ3v) is 3.30. The number of rotatable bonds is 6. The van der Waals surface area contributed by atoms with Crippen LogP contribution in [-0.4, -0.2) is 18.3 Å². The van der Waals surface area contributed by atoms with Gasteiger partial charge in [-0.05, 0) is 23.6 Å². The van der Waals surface area contributed by atoms with E-state index >= 15 is 0 Å². The maximum atomic E-state index is 9.39. The summed E-state index contributed by atoms with van der Waals surface area (Å²) in [6, 6.07) is 18.7. The van der Waals surface area contributed by atoms with Gasteiger partial charge in [-0.1, -0.05) is 48.5 Å². The molecule has 1 unspecified atom stereocenters. The summed E-state index contributed by atoms with van der Waals surface area (Å²) in [6.07, 6.45) is 0.506. The predicted molar refractivity (Wildman–Crippen MR) is 80.6 cm³/mol. The first kappa shape index (κ1) is 15.0. The Morgan fingerprint density at radius 3 is 2.43 bits per heavy atom. The van der Waals surface area contributed by atoms with Crippen LogP contribution in [0.15, 0.2) is 54.6 Å². The van der Waals surface area contributed by atoms with Crippen LogP contribution in [0.25, 0.3) is 0 Å². The molecule has 2 rings (SSSR count). The summed E-state index contributed by atoms with van der Waals surface area (Å²) in [4.78, 5) is 0. The van der Waals surface area contributed by atoms with Crippen molar-refractivity contribution >= 4 is 0 Å². The minimum atomic E-state index is -1.20. The SMILES string of the molecule is N#CC(N)(COc1ccccc1CCO)c1ccccc1. The van der Waals surface area contributed by atoms with Crippen LogP contribution in [-0.2, 0) is 12.0 Å². The topological polar surface area (TPSA) is 79.3 Å². The Kier molecular flexibility index (Phi) is 4.94. The lowest BCUT2D eigenvalue weighted by Gasteiger charge is -2.23. The fourth-order valence-corrected chi connectivity index (χ4v) is 2.08. The standard InChI is InChI=1S/C17H18N2O2/c18-12-17(19,15-7-2-1-3-8-15)13-21-16-9-5-4-6-14(16)10-11-20/h1-9,20H,10-11,13,19H2. The summed E-state index contributed by atoms with van der Waals surface area (Å²) in [6.45, 7) is 0.0982. The average Bonchev–Trinajstić information content (AvgIpc) is 2.55. The summed E-state index contributed by atoms with van der Waals surface area (Å²) < 4.78 is 5.74. The number of nitrogens with zero attached hydrogens (tertiary/aromatic N) is 1. The van der Waals surface area contributed by atoms with Crippen molar-refractivity contribution in [1.29, 1.82) is 5.26 Å². The molecule has 0 aliphatic rings. The van der Waals surface area contributed by atoms with Crippen LogP contribution in [0.5, 0.6) is 5.75 Å². The molecule has 0 bridgehead atoms. The molecule has 2 aromatic rings. The molecule has 3 N–H and O–H groups in total. The van der Waals surface area contributed by atoms with Crippen molar-refractivity contribution in [3.8, 4) is 11.8 Å². The van der Waals surface area contributed by atoms with Gasteiger partial charge >= 0.3 is 0 Å². The molecule has 0 radical (unpaired) electrons. The molecule has 4 nitrogen and oxygen atoms in total. The molecule has 0 saturated heterocycles. The van der Waals surface area contributed by atoms with Crippen LogP contribution in [0.3, 0.4) is 0 Å². The van der Waals surface area contributed by atoms with E-state index in [9.17, 15) is 5.26 Å². The molecule has 0 fully saturated rings. The molecule has 0 aromatic heterocycles. The average molecular weight is 282 g/mol. The van der Waals surface area contributed by atoms with E-state index in [1.54, 1.807) is 0 Å². The Hall–Kier alpha value is -2.35. The maximum absolute atomic E-state index is 9.39. The number of para-hydroxylation sites is 1. The number of hydrogen-bond acceptors (Lipinski definition) is 4. The zero-order valence-electron chi connectivity index (χ0n) is 11.7. The zero-order chi connectivity index (χ0) is 15.1. The quantitative estimate of drug-likeness (QED) is 0.849. The predicted octanol–water partition coefficient (Wildman–Crippen LogP) is 1.98. The van der Waals surface area contributed by atoms with Gasteiger partial charge in [0.2, 0.25) is 0 Å². The highest BCUT2D eigenvalue weighted by Crippen LogP contribution is 2.23. The summed E-state index contributed by atoms with van der Waals surface area (Å²) in [5, 5.41) is 18.5. The Bertz CT molecular complexity index is 622. The Morgan fingerprint density at radius 2 is 1.76 bits per heavy atom. The van der Waals surface area contributed by atoms with Gasteiger partial charge < -0.3 is 15.6 Å². The van der Waals surface area contributed by atoms with Crippen molar-refractivity contribution < 1.29 is 9.84 Å². The second-order valence-electron chi connectivity index (χ2n) is 4.82. The molecule has 0 aliphatic carbocycles. The number of nitrogens with two attached hydrogens (primary N) is 1. The molecule has 0 heterocycles. The van der Waals surface area contributed by atoms with Gasteiger partial charge in [0.15, 0.2) is 5.54 Å². The molecular formula is C17H18N2O2. The maximum Gasteiger partial charge on any atom is 0.164 e. The molecular weight excluding hydrogens is 264 g/mol. The third-order valence-electron chi connectivity index (χ3n) is 3.30. The first-order valence-electron chi connectivity index (χ1n) is 6.77. The fourth-order valence-electron chi connectivity index (χ4n) is 2.08. The number of ether oxygens (including phenoxy) is 1. The van der Waals surface area contributed by atoms with Crippen molar-refractivity contribution in [2.45, 2.75) is 12.0 Å². The van der Waals surface area contributed by atoms with Gasteiger partial charge in [-0.25, -0.2) is 0 Å². The van der Waals surface area contributed by atoms with Gasteiger partial charge in [-0.3, -0.25) is 0 Å². The van der Waals surface area contributed by atoms with Gasteiger partial charge in [0.25, 0.3) is 0 Å². The minimum Gasteiger partial charge on any atom is -0.490 e. The highest BCUT2D eigenvalue weighted by atomic mass is 16.5. The fraction of sp³-hybridized carbons (Fsp3) is 0.235. The number of benzene rings is 2. The molecule has 0 amide bonds. The number of aliphatic hydroxyl groups is 1. The lowest BCUT2D eigenvalue weighted by Crippen LogP contribution is -2.41. The molecule has 0 aliphatic heterocycles. The molecule has 21 heavy (non-hydrogen) atoms. The Balaban J connectivity index is 2.16. The first-order chi connectivity index (χ1) is 10.2. The largest absolute Gasteiger partial charge is 0.490 e. The summed E-state index contributed by atoms with van der Waals surface area (Å²) >= 11 is 0. The van der Waals surface area contributed by atoms with E-state index in [1.165, 1.54) is 0 Å². The highest BCUT2D eigenvalue weighted by molar-refractivity contribution is 5.35. The van der Waals surface area contributed by atoms with Crippen LogP contribution in [0.4, 0.5) is 0 Å². The Morgan fingerprint density at radius 1 is 1.10 bits per heavy atom. The summed E-state index contributed by atoms with van der Waals surface area (Å²) in [7, 11) is 0. The van der Waals surface area contributed by atoms with Crippen LogP contribution in [0, 0.1) is 11.3 Å². The van der Waals surface area contributed by atoms with Gasteiger partial charge in [0.05, 0.1) is 6.07 Å². The summed E-state index contributed by atoms with van der Waals surface area (Å²) in [5.41, 5.74) is 6.57. The van der Waals surface area contributed by atoms with Crippen LogP contribution >= 0.6 is 0 Å². The molecule has 0 spiro atoms. The smallest absolute Gasteiger partial charge is 0.164 e. The molecule has 0 saturated carbocycles. The van der Waals surface area contributed by atoms with Crippen LogP contribution < -0.4 is 10.5 Å². The van der Waals surface area contributed by atoms with Gasteiger partial charge in [-0.2, -0.15) is 5.26 Å². The minimum absolute atomic E-state index is 0.0467. The van der Waals surface area contributed by atoms with Crippen molar-refractivity contribution in [3.05, 3.63) is 65.7 Å². The van der Waals surface area contributed by atoms with Crippen LogP contribution in [0.1, 0.15) is 11.1 Å². The van der Waals surface area contributed by atoms with Crippen molar-refractivity contribution in [2.24, 2.45) is 5.73 Å². The van der Waals surface area contributed by atoms with Gasteiger partial charge in [-0.15, -0.1) is 0 Å². The normalized spacial score (nSPS) is 13.2. The van der Waals surface area contributed by atoms with Crippen molar-refractivity contribution in [2.75, 3.05) is 13.2 Å². The van der Waals surface area contributed by atoms with E-state index in [0.717, 1.165) is 5.56 Å². The second-order valence-corrected chi connectivity index (χ2v) is 4.82. The lowest BCUT2D eigenvalue weighted by molar-refractivity contribution is 0.249. The van der Waals surface area contributed by atoms with E-state index < -0.39 is 5.54 Å². The molecule has 4 heteroatoms. The number of nitriles is 1. The van der Waals surface area contributed by atoms with E-state index in [4.69, 9.17) is 15.6 Å². The van der Waals surface area contributed by atoms with Gasteiger partial charge in [0.1, 0.15) is 12.4 Å². The lowest BCUT2D eigenvalue weighted by atomic mass is 9.93. The van der Waals surface area contributed by atoms with E-state index in [0.29, 0.717) is 17.7 Å². The van der Waals surface area contributed by atoms with Crippen molar-refractivity contribution in [3.63, 3.8) is 0 Å². The first-order valence-corrected chi connectivity index (χ1v) is 6.77. The van der Waals surface area contributed by atoms with Crippen molar-refractivity contribution in [1.82, 2.24) is 0 Å². The van der Waals surface area contributed by atoms with Gasteiger partial charge in [0, 0.05) is 6.61 Å². The molecule has 108 valence electrons. The van der Waals surface area contributed by atoms with E-state index in [2.05, 4.69) is 6.07 Å². The monoisotopic (exact) mass is 282 g/mol. The summed E-state index contributed by atoms with van der Waals surface area (Å²) in [5.74, 6) is 0.646. The molecule has 2 aromatic carbocycles. The molecule has 1 atom stereocenters. The van der Waals surface area contributed by atoms with E-state index in [1.807, 2.05) is 54.6 Å².